The van der Waals surface area contributed by atoms with Gasteiger partial charge in [-0.3, -0.25) is 0 Å². The van der Waals surface area contributed by atoms with Gasteiger partial charge in [-0.25, -0.2) is 0 Å². The van der Waals surface area contributed by atoms with Crippen molar-refractivity contribution < 1.29 is 0 Å². The van der Waals surface area contributed by atoms with Crippen molar-refractivity contribution >= 4 is 0 Å². The van der Waals surface area contributed by atoms with Gasteiger partial charge in [0, 0.05) is 30.5 Å². The van der Waals surface area contributed by atoms with Crippen LogP contribution in [-0.2, 0) is 13.1 Å². The van der Waals surface area contributed by atoms with Gasteiger partial charge in [0.15, 0.2) is 0 Å². The molecule has 2 atom stereocenters. The van der Waals surface area contributed by atoms with Crippen molar-refractivity contribution in [2.45, 2.75) is 44.9 Å². The maximum atomic E-state index is 5.61. The van der Waals surface area contributed by atoms with Gasteiger partial charge in [-0.15, -0.1) is 0 Å². The third kappa shape index (κ3) is 6.82. The summed E-state index contributed by atoms with van der Waals surface area (Å²) < 4.78 is 0. The standard InChI is InChI=1S/C18H23N5.C8H11N/c1-15(14-23-20-10-11-21-23)22-12-6-9-18(22)16(2)19-13-17-7-4-3-5-8-17;1-7(9)8-5-3-2-4-6-8/h3-5,7-8,10-11,18-19H,1-2,6,9,12-14H2;2-7H,9H2,1H3. The lowest BCUT2D eigenvalue weighted by atomic mass is 10.1. The summed E-state index contributed by atoms with van der Waals surface area (Å²) in [4.78, 5) is 3.99. The van der Waals surface area contributed by atoms with Gasteiger partial charge in [-0.05, 0) is 30.9 Å². The van der Waals surface area contributed by atoms with Crippen molar-refractivity contribution in [1.82, 2.24) is 25.2 Å². The number of benzene rings is 2. The Kier molecular flexibility index (Phi) is 8.63. The highest BCUT2D eigenvalue weighted by molar-refractivity contribution is 5.18. The molecule has 2 unspecified atom stereocenters. The zero-order valence-electron chi connectivity index (χ0n) is 18.9. The van der Waals surface area contributed by atoms with Gasteiger partial charge in [0.05, 0.1) is 25.0 Å². The predicted molar refractivity (Wildman–Crippen MR) is 130 cm³/mol. The second kappa shape index (κ2) is 11.9. The van der Waals surface area contributed by atoms with Gasteiger partial charge in [-0.1, -0.05) is 73.8 Å². The highest BCUT2D eigenvalue weighted by Gasteiger charge is 2.27. The summed E-state index contributed by atoms with van der Waals surface area (Å²) in [6.07, 6.45) is 5.64. The van der Waals surface area contributed by atoms with Crippen LogP contribution in [0.3, 0.4) is 0 Å². The van der Waals surface area contributed by atoms with Crippen molar-refractivity contribution in [3.8, 4) is 0 Å². The van der Waals surface area contributed by atoms with E-state index >= 15 is 0 Å². The summed E-state index contributed by atoms with van der Waals surface area (Å²) in [6, 6.07) is 20.9. The Morgan fingerprint density at radius 2 is 1.69 bits per heavy atom. The van der Waals surface area contributed by atoms with Gasteiger partial charge < -0.3 is 16.0 Å². The number of allylic oxidation sites excluding steroid dienone is 1. The summed E-state index contributed by atoms with van der Waals surface area (Å²) in [6.45, 7) is 12.9. The smallest absolute Gasteiger partial charge is 0.0999 e. The van der Waals surface area contributed by atoms with E-state index in [1.165, 1.54) is 11.1 Å². The fourth-order valence-electron chi connectivity index (χ4n) is 3.77. The molecule has 0 bridgehead atoms. The SMILES string of the molecule is C=C(NCc1ccccc1)C1CCCN1C(=C)Cn1nccn1.CC(N)c1ccccc1. The Morgan fingerprint density at radius 3 is 2.28 bits per heavy atom. The first-order valence-electron chi connectivity index (χ1n) is 11.1. The molecular formula is C26H34N6. The third-order valence-corrected chi connectivity index (χ3v) is 5.54. The molecule has 3 aromatic rings. The van der Waals surface area contributed by atoms with E-state index in [2.05, 4.69) is 57.8 Å². The molecule has 32 heavy (non-hydrogen) atoms. The lowest BCUT2D eigenvalue weighted by Gasteiger charge is -2.30. The van der Waals surface area contributed by atoms with Crippen LogP contribution in [0, 0.1) is 0 Å². The van der Waals surface area contributed by atoms with E-state index in [-0.39, 0.29) is 6.04 Å². The first-order valence-corrected chi connectivity index (χ1v) is 11.1. The van der Waals surface area contributed by atoms with Crippen LogP contribution in [0.2, 0.25) is 0 Å². The quantitative estimate of drug-likeness (QED) is 0.558. The Morgan fingerprint density at radius 1 is 1.06 bits per heavy atom. The first-order chi connectivity index (χ1) is 15.5. The summed E-state index contributed by atoms with van der Waals surface area (Å²) in [5.74, 6) is 0. The highest BCUT2D eigenvalue weighted by Crippen LogP contribution is 2.26. The molecule has 4 rings (SSSR count). The van der Waals surface area contributed by atoms with E-state index in [4.69, 9.17) is 5.73 Å². The molecule has 1 aromatic heterocycles. The van der Waals surface area contributed by atoms with Crippen molar-refractivity contribution in [3.05, 3.63) is 109 Å². The summed E-state index contributed by atoms with van der Waals surface area (Å²) in [7, 11) is 0. The second-order valence-corrected chi connectivity index (χ2v) is 8.04. The summed E-state index contributed by atoms with van der Waals surface area (Å²) >= 11 is 0. The number of hydrogen-bond donors (Lipinski definition) is 2. The number of nitrogens with zero attached hydrogens (tertiary/aromatic N) is 4. The first kappa shape index (κ1) is 23.3. The van der Waals surface area contributed by atoms with Crippen LogP contribution in [0.15, 0.2) is 97.6 Å². The minimum absolute atomic E-state index is 0.159. The molecule has 1 aliphatic rings. The number of nitrogens with one attached hydrogen (secondary N) is 1. The van der Waals surface area contributed by atoms with Crippen LogP contribution in [-0.4, -0.2) is 32.5 Å². The number of aromatic nitrogens is 3. The minimum Gasteiger partial charge on any atom is -0.383 e. The molecule has 0 spiro atoms. The molecule has 6 heteroatoms. The van der Waals surface area contributed by atoms with E-state index in [0.717, 1.165) is 37.3 Å². The Bertz CT molecular complexity index is 951. The molecule has 0 aliphatic carbocycles. The largest absolute Gasteiger partial charge is 0.383 e. The lowest BCUT2D eigenvalue weighted by Crippen LogP contribution is -2.36. The number of rotatable bonds is 8. The molecule has 0 saturated carbocycles. The van der Waals surface area contributed by atoms with Gasteiger partial charge >= 0.3 is 0 Å². The predicted octanol–water partition coefficient (Wildman–Crippen LogP) is 4.27. The number of nitrogens with two attached hydrogens (primary N) is 1. The summed E-state index contributed by atoms with van der Waals surface area (Å²) in [5.41, 5.74) is 10.2. The minimum atomic E-state index is 0.159. The fourth-order valence-corrected chi connectivity index (χ4v) is 3.77. The Labute approximate surface area is 191 Å². The fraction of sp³-hybridized carbons (Fsp3) is 0.308. The second-order valence-electron chi connectivity index (χ2n) is 8.04. The van der Waals surface area contributed by atoms with E-state index in [1.54, 1.807) is 17.2 Å². The van der Waals surface area contributed by atoms with Crippen LogP contribution < -0.4 is 11.1 Å². The average Bonchev–Trinajstić information content (AvgIpc) is 3.51. The molecule has 1 fully saturated rings. The van der Waals surface area contributed by atoms with Gasteiger partial charge in [0.2, 0.25) is 0 Å². The molecular weight excluding hydrogens is 396 g/mol. The molecule has 168 valence electrons. The normalized spacial score (nSPS) is 16.1. The summed E-state index contributed by atoms with van der Waals surface area (Å²) in [5, 5.41) is 11.8. The van der Waals surface area contributed by atoms with Crippen molar-refractivity contribution in [2.24, 2.45) is 5.73 Å². The molecule has 6 nitrogen and oxygen atoms in total. The molecule has 1 saturated heterocycles. The van der Waals surface area contributed by atoms with E-state index in [1.807, 2.05) is 43.3 Å². The van der Waals surface area contributed by atoms with Crippen molar-refractivity contribution in [2.75, 3.05) is 6.54 Å². The number of likely N-dealkylation sites (tertiary alicyclic amines) is 1. The van der Waals surface area contributed by atoms with Gasteiger partial charge in [0.1, 0.15) is 0 Å². The monoisotopic (exact) mass is 430 g/mol. The Hall–Kier alpha value is -3.38. The van der Waals surface area contributed by atoms with E-state index in [0.29, 0.717) is 12.6 Å². The maximum Gasteiger partial charge on any atom is 0.0999 e. The van der Waals surface area contributed by atoms with Gasteiger partial charge in [-0.2, -0.15) is 15.0 Å². The van der Waals surface area contributed by atoms with Crippen molar-refractivity contribution in [3.63, 3.8) is 0 Å². The number of hydrogen-bond acceptors (Lipinski definition) is 5. The van der Waals surface area contributed by atoms with E-state index < -0.39 is 0 Å². The van der Waals surface area contributed by atoms with Crippen LogP contribution >= 0.6 is 0 Å². The molecule has 2 heterocycles. The zero-order valence-corrected chi connectivity index (χ0v) is 18.9. The van der Waals surface area contributed by atoms with Crippen LogP contribution in [0.25, 0.3) is 0 Å². The van der Waals surface area contributed by atoms with Gasteiger partial charge in [0.25, 0.3) is 0 Å². The van der Waals surface area contributed by atoms with Crippen molar-refractivity contribution in [1.29, 1.82) is 0 Å². The molecule has 2 aromatic carbocycles. The molecule has 0 amide bonds. The Balaban J connectivity index is 0.000000269. The topological polar surface area (TPSA) is 72.0 Å². The molecule has 3 N–H and O–H groups in total. The van der Waals surface area contributed by atoms with Crippen LogP contribution in [0.5, 0.6) is 0 Å². The third-order valence-electron chi connectivity index (χ3n) is 5.54. The molecule has 0 radical (unpaired) electrons. The zero-order chi connectivity index (χ0) is 22.8. The maximum absolute atomic E-state index is 5.61. The molecule has 1 aliphatic heterocycles. The lowest BCUT2D eigenvalue weighted by molar-refractivity contribution is 0.317. The average molecular weight is 431 g/mol. The van der Waals surface area contributed by atoms with Crippen LogP contribution in [0.4, 0.5) is 0 Å². The highest BCUT2D eigenvalue weighted by atomic mass is 15.5. The van der Waals surface area contributed by atoms with E-state index in [9.17, 15) is 0 Å². The van der Waals surface area contributed by atoms with Crippen LogP contribution in [0.1, 0.15) is 36.9 Å².